The highest BCUT2D eigenvalue weighted by Crippen LogP contribution is 2.20. The van der Waals surface area contributed by atoms with Gasteiger partial charge in [-0.2, -0.15) is 4.31 Å². The molecule has 0 unspecified atom stereocenters. The van der Waals surface area contributed by atoms with Gasteiger partial charge in [-0.05, 0) is 31.5 Å². The molecule has 7 nitrogen and oxygen atoms in total. The van der Waals surface area contributed by atoms with Crippen molar-refractivity contribution < 1.29 is 8.42 Å². The second-order valence-electron chi connectivity index (χ2n) is 7.35. The predicted molar refractivity (Wildman–Crippen MR) is 114 cm³/mol. The van der Waals surface area contributed by atoms with E-state index in [9.17, 15) is 8.42 Å². The first kappa shape index (κ1) is 19.6. The first-order chi connectivity index (χ1) is 13.9. The Morgan fingerprint density at radius 1 is 0.897 bits per heavy atom. The average molecular weight is 412 g/mol. The maximum absolute atomic E-state index is 12.9. The van der Waals surface area contributed by atoms with E-state index in [0.717, 1.165) is 22.8 Å². The molecule has 29 heavy (non-hydrogen) atoms. The Hall–Kier alpha value is -2.71. The summed E-state index contributed by atoms with van der Waals surface area (Å²) in [5.74, 6) is 2.38. The summed E-state index contributed by atoms with van der Waals surface area (Å²) in [7, 11) is -3.34. The number of hydrogen-bond donors (Lipinski definition) is 0. The van der Waals surface area contributed by atoms with E-state index in [-0.39, 0.29) is 5.75 Å². The molecule has 1 aromatic carbocycles. The topological polar surface area (TPSA) is 71.3 Å². The van der Waals surface area contributed by atoms with Crippen LogP contribution in [0, 0.1) is 13.8 Å². The zero-order chi connectivity index (χ0) is 20.4. The molecule has 0 saturated carbocycles. The van der Waals surface area contributed by atoms with Crippen LogP contribution < -0.4 is 4.90 Å². The van der Waals surface area contributed by atoms with Crippen molar-refractivity contribution in [2.75, 3.05) is 31.1 Å². The molecule has 0 amide bonds. The molecule has 0 atom stereocenters. The Labute approximate surface area is 171 Å². The SMILES string of the molecule is Cc1cccc(CS(=O)(=O)N2CCN(c3cc(-n4cccc4)nc(C)n3)CC2)c1. The third kappa shape index (κ3) is 4.49. The van der Waals surface area contributed by atoms with E-state index in [1.165, 1.54) is 0 Å². The quantitative estimate of drug-likeness (QED) is 0.645. The Balaban J connectivity index is 1.45. The zero-order valence-electron chi connectivity index (χ0n) is 16.7. The van der Waals surface area contributed by atoms with Crippen LogP contribution in [-0.4, -0.2) is 53.4 Å². The molecular formula is C21H25N5O2S. The first-order valence-electron chi connectivity index (χ1n) is 9.68. The lowest BCUT2D eigenvalue weighted by Gasteiger charge is -2.34. The van der Waals surface area contributed by atoms with Gasteiger partial charge in [0.05, 0.1) is 5.75 Å². The molecule has 3 heterocycles. The van der Waals surface area contributed by atoms with E-state index in [2.05, 4.69) is 14.9 Å². The van der Waals surface area contributed by atoms with Crippen LogP contribution in [0.3, 0.4) is 0 Å². The van der Waals surface area contributed by atoms with Crippen LogP contribution in [0.1, 0.15) is 17.0 Å². The van der Waals surface area contributed by atoms with Gasteiger partial charge >= 0.3 is 0 Å². The van der Waals surface area contributed by atoms with Crippen molar-refractivity contribution in [3.8, 4) is 5.82 Å². The van der Waals surface area contributed by atoms with Gasteiger partial charge in [-0.25, -0.2) is 18.4 Å². The molecule has 3 aromatic rings. The van der Waals surface area contributed by atoms with Crippen LogP contribution in [0.25, 0.3) is 5.82 Å². The van der Waals surface area contributed by atoms with Crippen LogP contribution in [0.15, 0.2) is 54.9 Å². The smallest absolute Gasteiger partial charge is 0.218 e. The van der Waals surface area contributed by atoms with Crippen molar-refractivity contribution >= 4 is 15.8 Å². The summed E-state index contributed by atoms with van der Waals surface area (Å²) in [6.07, 6.45) is 3.89. The molecule has 0 radical (unpaired) electrons. The standard InChI is InChI=1S/C21H25N5O2S/c1-17-6-5-7-19(14-17)16-29(27,28)26-12-10-25(11-13-26)21-15-20(22-18(2)23-21)24-8-3-4-9-24/h3-9,14-15H,10-13,16H2,1-2H3. The van der Waals surface area contributed by atoms with Crippen LogP contribution in [-0.2, 0) is 15.8 Å². The van der Waals surface area contributed by atoms with E-state index in [0.29, 0.717) is 32.0 Å². The number of anilines is 1. The molecular weight excluding hydrogens is 386 g/mol. The van der Waals surface area contributed by atoms with Gasteiger partial charge in [0, 0.05) is 44.6 Å². The summed E-state index contributed by atoms with van der Waals surface area (Å²) < 4.78 is 29.2. The Morgan fingerprint density at radius 3 is 2.28 bits per heavy atom. The Bertz CT molecular complexity index is 1090. The molecule has 8 heteroatoms. The monoisotopic (exact) mass is 411 g/mol. The lowest BCUT2D eigenvalue weighted by Crippen LogP contribution is -2.49. The lowest BCUT2D eigenvalue weighted by molar-refractivity contribution is 0.383. The van der Waals surface area contributed by atoms with Gasteiger partial charge in [0.25, 0.3) is 0 Å². The highest BCUT2D eigenvalue weighted by molar-refractivity contribution is 7.88. The normalized spacial score (nSPS) is 15.6. The zero-order valence-corrected chi connectivity index (χ0v) is 17.5. The number of benzene rings is 1. The summed E-state index contributed by atoms with van der Waals surface area (Å²) in [6, 6.07) is 13.5. The largest absolute Gasteiger partial charge is 0.354 e. The molecule has 1 aliphatic rings. The molecule has 2 aromatic heterocycles. The molecule has 1 aliphatic heterocycles. The maximum atomic E-state index is 12.9. The molecule has 152 valence electrons. The number of aryl methyl sites for hydroxylation is 2. The summed E-state index contributed by atoms with van der Waals surface area (Å²) in [6.45, 7) is 5.97. The number of hydrogen-bond acceptors (Lipinski definition) is 5. The third-order valence-electron chi connectivity index (χ3n) is 5.07. The molecule has 1 fully saturated rings. The minimum atomic E-state index is -3.34. The van der Waals surface area contributed by atoms with Crippen molar-refractivity contribution in [3.05, 3.63) is 71.8 Å². The number of rotatable bonds is 5. The van der Waals surface area contributed by atoms with Crippen molar-refractivity contribution in [3.63, 3.8) is 0 Å². The highest BCUT2D eigenvalue weighted by Gasteiger charge is 2.28. The third-order valence-corrected chi connectivity index (χ3v) is 6.92. The van der Waals surface area contributed by atoms with Crippen LogP contribution >= 0.6 is 0 Å². The Morgan fingerprint density at radius 2 is 1.59 bits per heavy atom. The number of nitrogens with zero attached hydrogens (tertiary/aromatic N) is 5. The van der Waals surface area contributed by atoms with Crippen LogP contribution in [0.4, 0.5) is 5.82 Å². The molecule has 1 saturated heterocycles. The fourth-order valence-electron chi connectivity index (χ4n) is 3.62. The fraction of sp³-hybridized carbons (Fsp3) is 0.333. The van der Waals surface area contributed by atoms with Crippen LogP contribution in [0.2, 0.25) is 0 Å². The van der Waals surface area contributed by atoms with Gasteiger partial charge in [0.2, 0.25) is 10.0 Å². The molecule has 0 aliphatic carbocycles. The second kappa shape index (κ2) is 7.96. The molecule has 4 rings (SSSR count). The van der Waals surface area contributed by atoms with Gasteiger partial charge in [0.1, 0.15) is 17.5 Å². The average Bonchev–Trinajstić information content (AvgIpc) is 3.22. The van der Waals surface area contributed by atoms with E-state index < -0.39 is 10.0 Å². The summed E-state index contributed by atoms with van der Waals surface area (Å²) in [5.41, 5.74) is 1.90. The van der Waals surface area contributed by atoms with Gasteiger partial charge < -0.3 is 9.47 Å². The lowest BCUT2D eigenvalue weighted by atomic mass is 10.2. The van der Waals surface area contributed by atoms with E-state index >= 15 is 0 Å². The number of sulfonamides is 1. The molecule has 0 N–H and O–H groups in total. The van der Waals surface area contributed by atoms with Crippen molar-refractivity contribution in [2.45, 2.75) is 19.6 Å². The number of piperazine rings is 1. The van der Waals surface area contributed by atoms with Gasteiger partial charge in [0.15, 0.2) is 0 Å². The van der Waals surface area contributed by atoms with E-state index in [1.54, 1.807) is 4.31 Å². The molecule has 0 spiro atoms. The minimum absolute atomic E-state index is 0.0407. The summed E-state index contributed by atoms with van der Waals surface area (Å²) in [5, 5.41) is 0. The number of aromatic nitrogens is 3. The summed E-state index contributed by atoms with van der Waals surface area (Å²) in [4.78, 5) is 11.2. The molecule has 0 bridgehead atoms. The summed E-state index contributed by atoms with van der Waals surface area (Å²) >= 11 is 0. The van der Waals surface area contributed by atoms with Gasteiger partial charge in [-0.3, -0.25) is 0 Å². The van der Waals surface area contributed by atoms with Gasteiger partial charge in [-0.15, -0.1) is 0 Å². The predicted octanol–water partition coefficient (Wildman–Crippen LogP) is 2.54. The van der Waals surface area contributed by atoms with E-state index in [4.69, 9.17) is 0 Å². The van der Waals surface area contributed by atoms with Gasteiger partial charge in [-0.1, -0.05) is 29.8 Å². The fourth-order valence-corrected chi connectivity index (χ4v) is 5.12. The van der Waals surface area contributed by atoms with E-state index in [1.807, 2.05) is 73.3 Å². The van der Waals surface area contributed by atoms with Crippen molar-refractivity contribution in [1.82, 2.24) is 18.8 Å². The maximum Gasteiger partial charge on any atom is 0.218 e. The van der Waals surface area contributed by atoms with Crippen molar-refractivity contribution in [1.29, 1.82) is 0 Å². The second-order valence-corrected chi connectivity index (χ2v) is 9.32. The van der Waals surface area contributed by atoms with Crippen LogP contribution in [0.5, 0.6) is 0 Å². The Kier molecular flexibility index (Phi) is 5.38. The first-order valence-corrected chi connectivity index (χ1v) is 11.3. The van der Waals surface area contributed by atoms with Crippen molar-refractivity contribution in [2.24, 2.45) is 0 Å². The highest BCUT2D eigenvalue weighted by atomic mass is 32.2. The minimum Gasteiger partial charge on any atom is -0.354 e.